The molecule has 0 rings (SSSR count). The van der Waals surface area contributed by atoms with Gasteiger partial charge in [0.25, 0.3) is 0 Å². The van der Waals surface area contributed by atoms with Gasteiger partial charge in [-0.05, 0) is 12.7 Å². The Balaban J connectivity index is 3.26. The molecule has 62 valence electrons. The van der Waals surface area contributed by atoms with Crippen molar-refractivity contribution in [3.63, 3.8) is 0 Å². The molecule has 0 aromatic rings. The van der Waals surface area contributed by atoms with Crippen LogP contribution >= 0.6 is 11.8 Å². The van der Waals surface area contributed by atoms with Gasteiger partial charge in [0.15, 0.2) is 0 Å². The van der Waals surface area contributed by atoms with E-state index in [0.29, 0.717) is 5.75 Å². The van der Waals surface area contributed by atoms with E-state index in [1.165, 1.54) is 0 Å². The molecular weight excluding hydrogens is 166 g/mol. The van der Waals surface area contributed by atoms with E-state index in [2.05, 4.69) is 6.92 Å². The third-order valence-corrected chi connectivity index (χ3v) is 3.89. The minimum atomic E-state index is -0.712. The maximum atomic E-state index is 11.0. The summed E-state index contributed by atoms with van der Waals surface area (Å²) in [6.45, 7) is 3.95. The Bertz CT molecular complexity index is 106. The first-order chi connectivity index (χ1) is 4.66. The molecule has 0 amide bonds. The first-order valence-electron chi connectivity index (χ1n) is 3.35. The molecule has 10 heavy (non-hydrogen) atoms. The van der Waals surface area contributed by atoms with Gasteiger partial charge < -0.3 is 5.73 Å². The van der Waals surface area contributed by atoms with Gasteiger partial charge in [-0.1, -0.05) is 6.92 Å². The van der Waals surface area contributed by atoms with Gasteiger partial charge in [0.1, 0.15) is 0 Å². The molecule has 0 aromatic carbocycles. The lowest BCUT2D eigenvalue weighted by molar-refractivity contribution is 0.680. The average molecular weight is 181 g/mol. The third kappa shape index (κ3) is 6.58. The minimum absolute atomic E-state index is 0.0679. The Morgan fingerprint density at radius 2 is 2.30 bits per heavy atom. The lowest BCUT2D eigenvalue weighted by Crippen LogP contribution is -2.23. The van der Waals surface area contributed by atoms with Crippen LogP contribution in [0.3, 0.4) is 0 Å². The van der Waals surface area contributed by atoms with E-state index >= 15 is 0 Å². The lowest BCUT2D eigenvalue weighted by atomic mass is 10.4. The zero-order valence-electron chi connectivity index (χ0n) is 6.50. The van der Waals surface area contributed by atoms with Gasteiger partial charge in [0, 0.05) is 22.6 Å². The minimum Gasteiger partial charge on any atom is -0.327 e. The molecule has 0 fully saturated rings. The first-order valence-corrected chi connectivity index (χ1v) is 5.99. The molecule has 0 spiro atoms. The van der Waals surface area contributed by atoms with Gasteiger partial charge in [0.05, 0.1) is 5.08 Å². The Labute approximate surface area is 69.4 Å². The summed E-state index contributed by atoms with van der Waals surface area (Å²) < 4.78 is 11.0. The summed E-state index contributed by atoms with van der Waals surface area (Å²) in [6.07, 6.45) is 0. The van der Waals surface area contributed by atoms with Crippen molar-refractivity contribution in [2.75, 3.05) is 16.6 Å². The summed E-state index contributed by atoms with van der Waals surface area (Å²) in [7, 11) is -0.712. The fourth-order valence-corrected chi connectivity index (χ4v) is 2.90. The van der Waals surface area contributed by atoms with Crippen molar-refractivity contribution in [1.29, 1.82) is 0 Å². The number of thioether (sulfide) groups is 1. The molecule has 0 saturated carbocycles. The molecule has 0 radical (unpaired) electrons. The van der Waals surface area contributed by atoms with Crippen LogP contribution in [0, 0.1) is 0 Å². The van der Waals surface area contributed by atoms with E-state index < -0.39 is 10.8 Å². The van der Waals surface area contributed by atoms with Gasteiger partial charge in [-0.25, -0.2) is 0 Å². The Hall–Kier alpha value is 0.460. The quantitative estimate of drug-likeness (QED) is 0.682. The van der Waals surface area contributed by atoms with Gasteiger partial charge in [-0.3, -0.25) is 4.21 Å². The highest BCUT2D eigenvalue weighted by Gasteiger charge is 2.01. The highest BCUT2D eigenvalue weighted by Crippen LogP contribution is 2.01. The molecule has 2 unspecified atom stereocenters. The van der Waals surface area contributed by atoms with Crippen molar-refractivity contribution in [2.45, 2.75) is 19.9 Å². The monoisotopic (exact) mass is 181 g/mol. The SMILES string of the molecule is CCSCS(=O)CC(C)N. The Kier molecular flexibility index (Phi) is 6.47. The van der Waals surface area contributed by atoms with Crippen LogP contribution in [-0.2, 0) is 10.8 Å². The molecule has 0 saturated heterocycles. The van der Waals surface area contributed by atoms with Crippen molar-refractivity contribution in [3.8, 4) is 0 Å². The molecule has 2 nitrogen and oxygen atoms in total. The summed E-state index contributed by atoms with van der Waals surface area (Å²) >= 11 is 1.70. The van der Waals surface area contributed by atoms with Crippen LogP contribution in [0.25, 0.3) is 0 Å². The van der Waals surface area contributed by atoms with Crippen molar-refractivity contribution >= 4 is 22.6 Å². The number of nitrogens with two attached hydrogens (primary N) is 1. The van der Waals surface area contributed by atoms with Gasteiger partial charge >= 0.3 is 0 Å². The smallest absolute Gasteiger partial charge is 0.0692 e. The molecular formula is C6H15NOS2. The number of hydrogen-bond acceptors (Lipinski definition) is 3. The molecule has 0 aliphatic heterocycles. The van der Waals surface area contributed by atoms with Crippen LogP contribution in [0.2, 0.25) is 0 Å². The zero-order valence-corrected chi connectivity index (χ0v) is 8.13. The van der Waals surface area contributed by atoms with E-state index in [0.717, 1.165) is 10.8 Å². The summed E-state index contributed by atoms with van der Waals surface area (Å²) in [5.74, 6) is 1.66. The Morgan fingerprint density at radius 1 is 1.70 bits per heavy atom. The highest BCUT2D eigenvalue weighted by molar-refractivity contribution is 8.10. The molecule has 2 atom stereocenters. The van der Waals surface area contributed by atoms with E-state index in [1.807, 2.05) is 6.92 Å². The fourth-order valence-electron chi connectivity index (χ4n) is 0.518. The molecule has 0 heterocycles. The van der Waals surface area contributed by atoms with Crippen LogP contribution < -0.4 is 5.73 Å². The van der Waals surface area contributed by atoms with Gasteiger partial charge in [-0.2, -0.15) is 0 Å². The topological polar surface area (TPSA) is 43.1 Å². The van der Waals surface area contributed by atoms with Crippen LogP contribution in [-0.4, -0.2) is 26.8 Å². The van der Waals surface area contributed by atoms with Crippen molar-refractivity contribution in [2.24, 2.45) is 5.73 Å². The van der Waals surface area contributed by atoms with E-state index in [9.17, 15) is 4.21 Å². The van der Waals surface area contributed by atoms with Crippen LogP contribution in [0.15, 0.2) is 0 Å². The van der Waals surface area contributed by atoms with E-state index in [-0.39, 0.29) is 6.04 Å². The average Bonchev–Trinajstić information content (AvgIpc) is 1.82. The molecule has 4 heteroatoms. The summed E-state index contributed by atoms with van der Waals surface area (Å²) in [6, 6.07) is 0.0679. The van der Waals surface area contributed by atoms with Crippen LogP contribution in [0.1, 0.15) is 13.8 Å². The van der Waals surface area contributed by atoms with Crippen LogP contribution in [0.5, 0.6) is 0 Å². The maximum Gasteiger partial charge on any atom is 0.0692 e. The first kappa shape index (κ1) is 10.5. The molecule has 0 aromatic heterocycles. The predicted octanol–water partition coefficient (Wildman–Crippen LogP) is 0.793. The maximum absolute atomic E-state index is 11.0. The predicted molar refractivity (Wildman–Crippen MR) is 49.7 cm³/mol. The molecule has 0 aliphatic rings. The number of hydrogen-bond donors (Lipinski definition) is 1. The van der Waals surface area contributed by atoms with Crippen LogP contribution in [0.4, 0.5) is 0 Å². The normalized spacial score (nSPS) is 16.7. The second-order valence-electron chi connectivity index (χ2n) is 2.19. The molecule has 0 aliphatic carbocycles. The summed E-state index contributed by atoms with van der Waals surface area (Å²) in [5.41, 5.74) is 5.46. The van der Waals surface area contributed by atoms with Crippen molar-refractivity contribution in [3.05, 3.63) is 0 Å². The molecule has 0 bridgehead atoms. The summed E-state index contributed by atoms with van der Waals surface area (Å²) in [4.78, 5) is 0. The lowest BCUT2D eigenvalue weighted by Gasteiger charge is -2.03. The van der Waals surface area contributed by atoms with Crippen molar-refractivity contribution in [1.82, 2.24) is 0 Å². The number of rotatable bonds is 5. The second kappa shape index (κ2) is 6.19. The largest absolute Gasteiger partial charge is 0.327 e. The van der Waals surface area contributed by atoms with E-state index in [1.54, 1.807) is 11.8 Å². The zero-order chi connectivity index (χ0) is 7.98. The van der Waals surface area contributed by atoms with Gasteiger partial charge in [-0.15, -0.1) is 11.8 Å². The third-order valence-electron chi connectivity index (χ3n) is 0.868. The highest BCUT2D eigenvalue weighted by atomic mass is 32.2. The van der Waals surface area contributed by atoms with E-state index in [4.69, 9.17) is 5.73 Å². The standard InChI is InChI=1S/C6H15NOS2/c1-3-9-5-10(8)4-6(2)7/h6H,3-5,7H2,1-2H3. The van der Waals surface area contributed by atoms with Gasteiger partial charge in [0.2, 0.25) is 0 Å². The van der Waals surface area contributed by atoms with Crippen molar-refractivity contribution < 1.29 is 4.21 Å². The second-order valence-corrected chi connectivity index (χ2v) is 5.34. The Morgan fingerprint density at radius 3 is 2.70 bits per heavy atom. The summed E-state index contributed by atoms with van der Waals surface area (Å²) in [5, 5.41) is 0.734. The molecule has 2 N–H and O–H groups in total. The fraction of sp³-hybridized carbons (Fsp3) is 1.00.